The number of halogens is 1. The maximum absolute atomic E-state index is 12.7. The highest BCUT2D eigenvalue weighted by Crippen LogP contribution is 2.32. The highest BCUT2D eigenvalue weighted by molar-refractivity contribution is 7.15. The molecule has 0 saturated carbocycles. The summed E-state index contributed by atoms with van der Waals surface area (Å²) in [7, 11) is 0. The molecule has 4 aromatic rings. The Hall–Kier alpha value is -3.16. The van der Waals surface area contributed by atoms with Gasteiger partial charge in [0.25, 0.3) is 0 Å². The molecule has 1 N–H and O–H groups in total. The Bertz CT molecular complexity index is 1280. The number of aromatic nitrogens is 2. The van der Waals surface area contributed by atoms with Crippen LogP contribution in [0.1, 0.15) is 18.5 Å². The second-order valence-electron chi connectivity index (χ2n) is 7.41. The summed E-state index contributed by atoms with van der Waals surface area (Å²) in [5, 5.41) is 5.30. The summed E-state index contributed by atoms with van der Waals surface area (Å²) in [5.41, 5.74) is 4.09. The molecule has 2 amide bonds. The van der Waals surface area contributed by atoms with Gasteiger partial charge >= 0.3 is 0 Å². The maximum atomic E-state index is 12.7. The van der Waals surface area contributed by atoms with Crippen LogP contribution < -0.4 is 10.2 Å². The van der Waals surface area contributed by atoms with Gasteiger partial charge in [-0.15, -0.1) is 11.3 Å². The van der Waals surface area contributed by atoms with Crippen LogP contribution in [0.2, 0.25) is 5.02 Å². The average Bonchev–Trinajstić information content (AvgIpc) is 3.46. The van der Waals surface area contributed by atoms with E-state index in [4.69, 9.17) is 11.6 Å². The van der Waals surface area contributed by atoms with Gasteiger partial charge in [0.2, 0.25) is 11.8 Å². The largest absolute Gasteiger partial charge is 0.326 e. The van der Waals surface area contributed by atoms with Crippen LogP contribution in [0, 0.1) is 0 Å². The Morgan fingerprint density at radius 3 is 2.77 bits per heavy atom. The molecule has 2 aromatic heterocycles. The topological polar surface area (TPSA) is 66.7 Å². The van der Waals surface area contributed by atoms with Crippen molar-refractivity contribution in [3.05, 3.63) is 70.8 Å². The van der Waals surface area contributed by atoms with E-state index in [1.807, 2.05) is 46.3 Å². The smallest absolute Gasteiger partial charge is 0.230 e. The van der Waals surface area contributed by atoms with Gasteiger partial charge < -0.3 is 10.2 Å². The summed E-state index contributed by atoms with van der Waals surface area (Å²) in [4.78, 5) is 31.8. The van der Waals surface area contributed by atoms with Crippen molar-refractivity contribution >= 4 is 51.1 Å². The third-order valence-corrected chi connectivity index (χ3v) is 6.48. The van der Waals surface area contributed by atoms with Crippen LogP contribution in [0.3, 0.4) is 0 Å². The van der Waals surface area contributed by atoms with Gasteiger partial charge in [0.05, 0.1) is 22.8 Å². The minimum absolute atomic E-state index is 0.0790. The molecule has 0 radical (unpaired) electrons. The Morgan fingerprint density at radius 1 is 1.19 bits per heavy atom. The van der Waals surface area contributed by atoms with Crippen molar-refractivity contribution in [3.8, 4) is 11.3 Å². The number of anilines is 2. The molecule has 1 aliphatic rings. The zero-order chi connectivity index (χ0) is 21.4. The van der Waals surface area contributed by atoms with Crippen LogP contribution in [0.15, 0.2) is 60.1 Å². The fraction of sp³-hybridized carbons (Fsp3) is 0.174. The number of carbonyl (C=O) groups is 2. The maximum Gasteiger partial charge on any atom is 0.230 e. The summed E-state index contributed by atoms with van der Waals surface area (Å²) in [6.45, 7) is 0.675. The monoisotopic (exact) mass is 450 g/mol. The number of thiazole rings is 1. The highest BCUT2D eigenvalue weighted by Gasteiger charge is 2.23. The van der Waals surface area contributed by atoms with Crippen LogP contribution >= 0.6 is 22.9 Å². The number of rotatable bonds is 5. The second kappa shape index (κ2) is 8.17. The fourth-order valence-corrected chi connectivity index (χ4v) is 4.94. The minimum atomic E-state index is -0.143. The molecule has 8 heteroatoms. The molecule has 0 spiro atoms. The predicted octanol–water partition coefficient (Wildman–Crippen LogP) is 5.02. The standard InChI is InChI=1S/C23H19ClN4O2S/c24-18-11-16(8-9-20(18)27-10-4-7-22(27)30)25-21(29)12-17-14-31-23-26-19(13-28(17)23)15-5-2-1-3-6-15/h1-3,5-6,8-9,11,13-14H,4,7,10,12H2,(H,25,29). The number of nitrogens with zero attached hydrogens (tertiary/aromatic N) is 3. The molecule has 6 nitrogen and oxygen atoms in total. The van der Waals surface area contributed by atoms with Gasteiger partial charge in [-0.3, -0.25) is 14.0 Å². The molecule has 0 bridgehead atoms. The normalized spacial score (nSPS) is 13.8. The molecule has 31 heavy (non-hydrogen) atoms. The van der Waals surface area contributed by atoms with Crippen LogP contribution in [0.4, 0.5) is 11.4 Å². The second-order valence-corrected chi connectivity index (χ2v) is 8.66. The molecule has 1 saturated heterocycles. The number of hydrogen-bond donors (Lipinski definition) is 1. The van der Waals surface area contributed by atoms with Crippen LogP contribution in [-0.2, 0) is 16.0 Å². The lowest BCUT2D eigenvalue weighted by atomic mass is 10.2. The summed E-state index contributed by atoms with van der Waals surface area (Å²) in [6.07, 6.45) is 3.56. The van der Waals surface area contributed by atoms with Gasteiger partial charge in [0, 0.05) is 41.5 Å². The van der Waals surface area contributed by atoms with Crippen molar-refractivity contribution in [2.24, 2.45) is 0 Å². The fourth-order valence-electron chi connectivity index (χ4n) is 3.78. The van der Waals surface area contributed by atoms with E-state index < -0.39 is 0 Å². The van der Waals surface area contributed by atoms with E-state index in [2.05, 4.69) is 10.3 Å². The quantitative estimate of drug-likeness (QED) is 0.464. The molecule has 156 valence electrons. The van der Waals surface area contributed by atoms with E-state index in [0.717, 1.165) is 28.3 Å². The highest BCUT2D eigenvalue weighted by atomic mass is 35.5. The van der Waals surface area contributed by atoms with E-state index in [9.17, 15) is 9.59 Å². The lowest BCUT2D eigenvalue weighted by Gasteiger charge is -2.18. The van der Waals surface area contributed by atoms with Gasteiger partial charge in [-0.2, -0.15) is 0 Å². The first-order chi connectivity index (χ1) is 15.1. The summed E-state index contributed by atoms with van der Waals surface area (Å²) in [5.74, 6) is -0.0638. The Labute approximate surface area is 188 Å². The summed E-state index contributed by atoms with van der Waals surface area (Å²) < 4.78 is 1.96. The molecular weight excluding hydrogens is 432 g/mol. The number of benzene rings is 2. The van der Waals surface area contributed by atoms with Gasteiger partial charge in [0.15, 0.2) is 4.96 Å². The van der Waals surface area contributed by atoms with Crippen LogP contribution in [-0.4, -0.2) is 27.7 Å². The lowest BCUT2D eigenvalue weighted by molar-refractivity contribution is -0.117. The van der Waals surface area contributed by atoms with E-state index >= 15 is 0 Å². The number of carbonyl (C=O) groups excluding carboxylic acids is 2. The third-order valence-electron chi connectivity index (χ3n) is 5.29. The molecule has 0 atom stereocenters. The van der Waals surface area contributed by atoms with Crippen molar-refractivity contribution in [2.75, 3.05) is 16.8 Å². The molecule has 2 aromatic carbocycles. The summed E-state index contributed by atoms with van der Waals surface area (Å²) >= 11 is 7.89. The molecule has 1 fully saturated rings. The number of hydrogen-bond acceptors (Lipinski definition) is 4. The van der Waals surface area contributed by atoms with E-state index in [1.165, 1.54) is 11.3 Å². The molecule has 5 rings (SSSR count). The van der Waals surface area contributed by atoms with Crippen LogP contribution in [0.25, 0.3) is 16.2 Å². The van der Waals surface area contributed by atoms with Gasteiger partial charge in [0.1, 0.15) is 0 Å². The minimum Gasteiger partial charge on any atom is -0.326 e. The van der Waals surface area contributed by atoms with Crippen molar-refractivity contribution in [1.82, 2.24) is 9.38 Å². The predicted molar refractivity (Wildman–Crippen MR) is 124 cm³/mol. The third kappa shape index (κ3) is 3.94. The number of imidazole rings is 1. The number of amides is 2. The zero-order valence-corrected chi connectivity index (χ0v) is 18.1. The van der Waals surface area contributed by atoms with Crippen molar-refractivity contribution in [1.29, 1.82) is 0 Å². The van der Waals surface area contributed by atoms with Crippen molar-refractivity contribution in [3.63, 3.8) is 0 Å². The average molecular weight is 451 g/mol. The zero-order valence-electron chi connectivity index (χ0n) is 16.5. The van der Waals surface area contributed by atoms with E-state index in [-0.39, 0.29) is 18.2 Å². The lowest BCUT2D eigenvalue weighted by Crippen LogP contribution is -2.24. The van der Waals surface area contributed by atoms with Gasteiger partial charge in [-0.25, -0.2) is 4.98 Å². The van der Waals surface area contributed by atoms with Crippen molar-refractivity contribution in [2.45, 2.75) is 19.3 Å². The molecule has 1 aliphatic heterocycles. The Kier molecular flexibility index (Phi) is 5.21. The Balaban J connectivity index is 1.30. The van der Waals surface area contributed by atoms with Gasteiger partial charge in [-0.1, -0.05) is 41.9 Å². The molecule has 3 heterocycles. The number of fused-ring (bicyclic) bond motifs is 1. The van der Waals surface area contributed by atoms with Gasteiger partial charge in [-0.05, 0) is 24.6 Å². The SMILES string of the molecule is O=C(Cc1csc2nc(-c3ccccc3)cn12)Nc1ccc(N2CCCC2=O)c(Cl)c1. The van der Waals surface area contributed by atoms with Crippen molar-refractivity contribution < 1.29 is 9.59 Å². The first-order valence-electron chi connectivity index (χ1n) is 9.99. The van der Waals surface area contributed by atoms with E-state index in [0.29, 0.717) is 29.4 Å². The summed E-state index contributed by atoms with van der Waals surface area (Å²) in [6, 6.07) is 15.2. The first kappa shape index (κ1) is 19.8. The first-order valence-corrected chi connectivity index (χ1v) is 11.2. The van der Waals surface area contributed by atoms with Crippen LogP contribution in [0.5, 0.6) is 0 Å². The number of nitrogens with one attached hydrogen (secondary N) is 1. The molecular formula is C23H19ClN4O2S. The Morgan fingerprint density at radius 2 is 2.03 bits per heavy atom. The molecule has 0 aliphatic carbocycles. The molecule has 0 unspecified atom stereocenters. The van der Waals surface area contributed by atoms with E-state index in [1.54, 1.807) is 23.1 Å².